The summed E-state index contributed by atoms with van der Waals surface area (Å²) in [5.74, 6) is 1.42. The highest BCUT2D eigenvalue weighted by Gasteiger charge is 2.31. The van der Waals surface area contributed by atoms with Gasteiger partial charge in [-0.05, 0) is 24.7 Å². The number of alkyl halides is 1. The highest BCUT2D eigenvalue weighted by Crippen LogP contribution is 2.37. The Morgan fingerprint density at radius 3 is 3.00 bits per heavy atom. The van der Waals surface area contributed by atoms with E-state index in [2.05, 4.69) is 11.9 Å². The Morgan fingerprint density at radius 1 is 1.62 bits per heavy atom. The number of hydrogen-bond donors (Lipinski definition) is 0. The fourth-order valence-corrected chi connectivity index (χ4v) is 3.10. The maximum absolute atomic E-state index is 6.18. The summed E-state index contributed by atoms with van der Waals surface area (Å²) < 4.78 is 0. The number of rotatable bonds is 2. The molecular weight excluding hydrogens is 202 g/mol. The van der Waals surface area contributed by atoms with Crippen molar-refractivity contribution in [1.82, 2.24) is 4.98 Å². The number of aromatic nitrogens is 1. The maximum Gasteiger partial charge on any atom is 0.0927 e. The first-order valence-corrected chi connectivity index (χ1v) is 6.11. The quantitative estimate of drug-likeness (QED) is 0.690. The van der Waals surface area contributed by atoms with Crippen molar-refractivity contribution in [2.24, 2.45) is 11.8 Å². The van der Waals surface area contributed by atoms with Crippen molar-refractivity contribution in [1.29, 1.82) is 0 Å². The predicted octanol–water partition coefficient (Wildman–Crippen LogP) is 3.34. The fourth-order valence-electron chi connectivity index (χ4n) is 2.06. The van der Waals surface area contributed by atoms with Crippen LogP contribution in [-0.4, -0.2) is 10.4 Å². The Hall–Kier alpha value is -0.0800. The molecule has 0 radical (unpaired) electrons. The number of thiazole rings is 1. The zero-order valence-electron chi connectivity index (χ0n) is 7.74. The topological polar surface area (TPSA) is 12.9 Å². The van der Waals surface area contributed by atoms with Crippen molar-refractivity contribution in [2.75, 3.05) is 0 Å². The van der Waals surface area contributed by atoms with Gasteiger partial charge in [0.15, 0.2) is 0 Å². The van der Waals surface area contributed by atoms with Crippen LogP contribution in [0.3, 0.4) is 0 Å². The lowest BCUT2D eigenvalue weighted by Crippen LogP contribution is -2.13. The Labute approximate surface area is 88.1 Å². The van der Waals surface area contributed by atoms with Crippen molar-refractivity contribution in [3.05, 3.63) is 16.6 Å². The summed E-state index contributed by atoms with van der Waals surface area (Å²) in [6.07, 6.45) is 5.47. The number of halogens is 1. The first kappa shape index (κ1) is 9.47. The van der Waals surface area contributed by atoms with Crippen LogP contribution in [0.25, 0.3) is 0 Å². The van der Waals surface area contributed by atoms with E-state index in [9.17, 15) is 0 Å². The molecule has 0 aliphatic heterocycles. The third-order valence-electron chi connectivity index (χ3n) is 3.05. The van der Waals surface area contributed by atoms with E-state index >= 15 is 0 Å². The van der Waals surface area contributed by atoms with Gasteiger partial charge in [0.25, 0.3) is 0 Å². The first-order valence-electron chi connectivity index (χ1n) is 4.80. The molecule has 0 saturated heterocycles. The molecule has 1 aliphatic carbocycles. The summed E-state index contributed by atoms with van der Waals surface area (Å²) in [5, 5.41) is 3.71. The smallest absolute Gasteiger partial charge is 0.0927 e. The van der Waals surface area contributed by atoms with Crippen molar-refractivity contribution in [3.63, 3.8) is 0 Å². The zero-order chi connectivity index (χ0) is 9.26. The summed E-state index contributed by atoms with van der Waals surface area (Å²) in [5.41, 5.74) is 0. The third kappa shape index (κ3) is 2.05. The highest BCUT2D eigenvalue weighted by atomic mass is 35.5. The van der Waals surface area contributed by atoms with Crippen molar-refractivity contribution in [3.8, 4) is 0 Å². The molecule has 0 bridgehead atoms. The van der Waals surface area contributed by atoms with Gasteiger partial charge in [0.05, 0.1) is 5.01 Å². The molecule has 3 heteroatoms. The van der Waals surface area contributed by atoms with E-state index in [1.165, 1.54) is 17.8 Å². The summed E-state index contributed by atoms with van der Waals surface area (Å²) in [7, 11) is 0. The molecule has 0 aromatic carbocycles. The molecule has 1 aromatic heterocycles. The fraction of sp³-hybridized carbons (Fsp3) is 0.700. The van der Waals surface area contributed by atoms with Gasteiger partial charge < -0.3 is 0 Å². The van der Waals surface area contributed by atoms with Crippen LogP contribution in [0.15, 0.2) is 11.6 Å². The average Bonchev–Trinajstić information content (AvgIpc) is 2.71. The van der Waals surface area contributed by atoms with Crippen LogP contribution >= 0.6 is 22.9 Å². The molecule has 13 heavy (non-hydrogen) atoms. The average molecular weight is 216 g/mol. The van der Waals surface area contributed by atoms with Crippen LogP contribution in [0.2, 0.25) is 0 Å². The van der Waals surface area contributed by atoms with Gasteiger partial charge in [0.1, 0.15) is 0 Å². The summed E-state index contributed by atoms with van der Waals surface area (Å²) >= 11 is 7.94. The van der Waals surface area contributed by atoms with E-state index in [1.807, 2.05) is 11.6 Å². The highest BCUT2D eigenvalue weighted by molar-refractivity contribution is 7.09. The van der Waals surface area contributed by atoms with Crippen molar-refractivity contribution in [2.45, 2.75) is 31.6 Å². The van der Waals surface area contributed by atoms with Gasteiger partial charge in [-0.25, -0.2) is 4.98 Å². The molecule has 1 aliphatic rings. The molecule has 3 atom stereocenters. The normalized spacial score (nSPS) is 33.8. The third-order valence-corrected chi connectivity index (χ3v) is 4.47. The van der Waals surface area contributed by atoms with Gasteiger partial charge in [-0.2, -0.15) is 0 Å². The van der Waals surface area contributed by atoms with Gasteiger partial charge >= 0.3 is 0 Å². The second kappa shape index (κ2) is 3.97. The molecular formula is C10H14ClNS. The predicted molar refractivity (Wildman–Crippen MR) is 57.3 cm³/mol. The minimum Gasteiger partial charge on any atom is -0.250 e. The molecule has 1 fully saturated rings. The molecule has 0 amide bonds. The van der Waals surface area contributed by atoms with Gasteiger partial charge in [0.2, 0.25) is 0 Å². The van der Waals surface area contributed by atoms with Crippen LogP contribution in [0.1, 0.15) is 24.8 Å². The Kier molecular flexibility index (Phi) is 2.89. The van der Waals surface area contributed by atoms with Gasteiger partial charge in [0, 0.05) is 23.4 Å². The Balaban J connectivity index is 1.96. The van der Waals surface area contributed by atoms with E-state index in [1.54, 1.807) is 11.3 Å². The van der Waals surface area contributed by atoms with Crippen molar-refractivity contribution >= 4 is 22.9 Å². The van der Waals surface area contributed by atoms with Gasteiger partial charge in [-0.3, -0.25) is 0 Å². The van der Waals surface area contributed by atoms with Crippen molar-refractivity contribution < 1.29 is 0 Å². The van der Waals surface area contributed by atoms with E-state index in [-0.39, 0.29) is 0 Å². The van der Waals surface area contributed by atoms with E-state index in [0.717, 1.165) is 12.3 Å². The summed E-state index contributed by atoms with van der Waals surface area (Å²) in [6.45, 7) is 2.27. The lowest BCUT2D eigenvalue weighted by Gasteiger charge is -2.15. The summed E-state index contributed by atoms with van der Waals surface area (Å²) in [4.78, 5) is 4.31. The minimum absolute atomic E-state index is 0.393. The molecule has 3 unspecified atom stereocenters. The van der Waals surface area contributed by atoms with Crippen LogP contribution in [-0.2, 0) is 6.42 Å². The van der Waals surface area contributed by atoms with Gasteiger partial charge in [-0.15, -0.1) is 22.9 Å². The van der Waals surface area contributed by atoms with Crippen LogP contribution in [0, 0.1) is 11.8 Å². The Bertz CT molecular complexity index is 260. The molecule has 72 valence electrons. The SMILES string of the molecule is CC1C(Cl)CCC1Cc1nccs1. The molecule has 1 aromatic rings. The molecule has 1 saturated carbocycles. The monoisotopic (exact) mass is 215 g/mol. The van der Waals surface area contributed by atoms with Crippen LogP contribution < -0.4 is 0 Å². The Morgan fingerprint density at radius 2 is 2.46 bits per heavy atom. The molecule has 0 spiro atoms. The largest absolute Gasteiger partial charge is 0.250 e. The van der Waals surface area contributed by atoms with Gasteiger partial charge in [-0.1, -0.05) is 6.92 Å². The second-order valence-corrected chi connectivity index (χ2v) is 5.38. The number of hydrogen-bond acceptors (Lipinski definition) is 2. The molecule has 2 rings (SSSR count). The molecule has 0 N–H and O–H groups in total. The van der Waals surface area contributed by atoms with E-state index < -0.39 is 0 Å². The van der Waals surface area contributed by atoms with E-state index in [0.29, 0.717) is 11.3 Å². The van der Waals surface area contributed by atoms with E-state index in [4.69, 9.17) is 11.6 Å². The molecule has 1 nitrogen and oxygen atoms in total. The first-order chi connectivity index (χ1) is 6.27. The lowest BCUT2D eigenvalue weighted by molar-refractivity contribution is 0.419. The minimum atomic E-state index is 0.393. The second-order valence-electron chi connectivity index (χ2n) is 3.84. The maximum atomic E-state index is 6.18. The lowest BCUT2D eigenvalue weighted by atomic mass is 9.95. The van der Waals surface area contributed by atoms with Crippen LogP contribution in [0.5, 0.6) is 0 Å². The van der Waals surface area contributed by atoms with Crippen LogP contribution in [0.4, 0.5) is 0 Å². The zero-order valence-corrected chi connectivity index (χ0v) is 9.31. The standard InChI is InChI=1S/C10H14ClNS/c1-7-8(2-3-9(7)11)6-10-12-4-5-13-10/h4-5,7-9H,2-3,6H2,1H3. The molecule has 1 heterocycles. The summed E-state index contributed by atoms with van der Waals surface area (Å²) in [6, 6.07) is 0. The number of nitrogens with zero attached hydrogens (tertiary/aromatic N) is 1.